The van der Waals surface area contributed by atoms with Crippen LogP contribution in [0.15, 0.2) is 158 Å². The lowest BCUT2D eigenvalue weighted by Gasteiger charge is -2.30. The Morgan fingerprint density at radius 2 is 0.800 bits per heavy atom. The molecule has 0 saturated carbocycles. The van der Waals surface area contributed by atoms with Crippen molar-refractivity contribution in [3.8, 4) is 22.3 Å². The van der Waals surface area contributed by atoms with E-state index in [2.05, 4.69) is 158 Å². The average molecular weight is 567 g/mol. The molecule has 2 aliphatic rings. The van der Waals surface area contributed by atoms with Gasteiger partial charge in [-0.3, -0.25) is 0 Å². The van der Waals surface area contributed by atoms with Crippen LogP contribution in [0.3, 0.4) is 0 Å². The van der Waals surface area contributed by atoms with Gasteiger partial charge in [0, 0.05) is 0 Å². The van der Waals surface area contributed by atoms with E-state index in [4.69, 9.17) is 0 Å². The van der Waals surface area contributed by atoms with Crippen molar-refractivity contribution in [1.82, 2.24) is 0 Å². The molecule has 0 bridgehead atoms. The van der Waals surface area contributed by atoms with Crippen LogP contribution in [0.1, 0.15) is 22.3 Å². The molecule has 0 atom stereocenters. The molecule has 0 saturated heterocycles. The Morgan fingerprint density at radius 1 is 0.289 bits per heavy atom. The van der Waals surface area contributed by atoms with Crippen LogP contribution >= 0.6 is 0 Å². The van der Waals surface area contributed by atoms with Gasteiger partial charge in [0.05, 0.1) is 5.41 Å². The minimum atomic E-state index is -0.344. The summed E-state index contributed by atoms with van der Waals surface area (Å²) in [5.41, 5.74) is 10.4. The molecule has 9 aromatic carbocycles. The third-order valence-corrected chi connectivity index (χ3v) is 10.8. The van der Waals surface area contributed by atoms with Gasteiger partial charge in [0.15, 0.2) is 0 Å². The van der Waals surface area contributed by atoms with Gasteiger partial charge in [0.25, 0.3) is 0 Å². The van der Waals surface area contributed by atoms with E-state index in [9.17, 15) is 0 Å². The van der Waals surface area contributed by atoms with Crippen LogP contribution in [-0.4, -0.2) is 0 Å². The van der Waals surface area contributed by atoms with Crippen LogP contribution < -0.4 is 0 Å². The first kappa shape index (κ1) is 23.7. The lowest BCUT2D eigenvalue weighted by atomic mass is 9.70. The first-order valence-electron chi connectivity index (χ1n) is 15.9. The van der Waals surface area contributed by atoms with Crippen LogP contribution in [0.2, 0.25) is 0 Å². The molecule has 1 spiro atoms. The fourth-order valence-electron chi connectivity index (χ4n) is 9.04. The zero-order valence-corrected chi connectivity index (χ0v) is 24.5. The summed E-state index contributed by atoms with van der Waals surface area (Å²) in [6.45, 7) is 0. The minimum absolute atomic E-state index is 0.344. The summed E-state index contributed by atoms with van der Waals surface area (Å²) in [5, 5.41) is 13.4. The van der Waals surface area contributed by atoms with Crippen molar-refractivity contribution in [1.29, 1.82) is 0 Å². The standard InChI is InChI=1S/C45H26/c1-2-10-31-27(9-1)19-20-28-21-22-29(25-37(28)31)30-23-24-40-38(26-30)34-13-5-6-16-39(34)45(40)41-17-7-14-35-32-11-3-4-12-33(32)36-15-8-18-42(45)44(36)43(35)41/h1-26H. The minimum Gasteiger partial charge on any atom is -0.0619 e. The highest BCUT2D eigenvalue weighted by Gasteiger charge is 2.50. The maximum atomic E-state index is 2.45. The van der Waals surface area contributed by atoms with Crippen molar-refractivity contribution in [2.75, 3.05) is 0 Å². The summed E-state index contributed by atoms with van der Waals surface area (Å²) in [5.74, 6) is 0. The summed E-state index contributed by atoms with van der Waals surface area (Å²) >= 11 is 0. The van der Waals surface area contributed by atoms with Crippen molar-refractivity contribution < 1.29 is 0 Å². The number of rotatable bonds is 1. The van der Waals surface area contributed by atoms with E-state index in [0.29, 0.717) is 0 Å². The molecule has 0 aliphatic heterocycles. The molecule has 0 heterocycles. The van der Waals surface area contributed by atoms with Gasteiger partial charge in [-0.15, -0.1) is 0 Å². The van der Waals surface area contributed by atoms with E-state index in [-0.39, 0.29) is 5.41 Å². The first-order chi connectivity index (χ1) is 22.3. The molecule has 0 heteroatoms. The van der Waals surface area contributed by atoms with E-state index >= 15 is 0 Å². The monoisotopic (exact) mass is 566 g/mol. The van der Waals surface area contributed by atoms with Crippen molar-refractivity contribution in [3.63, 3.8) is 0 Å². The topological polar surface area (TPSA) is 0 Å². The highest BCUT2D eigenvalue weighted by Crippen LogP contribution is 2.63. The first-order valence-corrected chi connectivity index (χ1v) is 15.9. The van der Waals surface area contributed by atoms with Crippen LogP contribution in [0.4, 0.5) is 0 Å². The van der Waals surface area contributed by atoms with Gasteiger partial charge in [-0.1, -0.05) is 146 Å². The van der Waals surface area contributed by atoms with E-state index in [1.165, 1.54) is 98.4 Å². The highest BCUT2D eigenvalue weighted by atomic mass is 14.5. The largest absolute Gasteiger partial charge is 0.0725 e. The third-order valence-electron chi connectivity index (χ3n) is 10.8. The predicted octanol–water partition coefficient (Wildman–Crippen LogP) is 11.8. The average Bonchev–Trinajstić information content (AvgIpc) is 3.58. The van der Waals surface area contributed by atoms with Crippen molar-refractivity contribution in [2.24, 2.45) is 0 Å². The van der Waals surface area contributed by atoms with Gasteiger partial charge in [-0.25, -0.2) is 0 Å². The maximum Gasteiger partial charge on any atom is 0.0725 e. The zero-order valence-electron chi connectivity index (χ0n) is 24.5. The number of benzene rings is 9. The fraction of sp³-hybridized carbons (Fsp3) is 0.0222. The van der Waals surface area contributed by atoms with E-state index < -0.39 is 0 Å². The van der Waals surface area contributed by atoms with E-state index in [0.717, 1.165) is 0 Å². The zero-order chi connectivity index (χ0) is 29.3. The highest BCUT2D eigenvalue weighted by molar-refractivity contribution is 6.30. The second kappa shape index (κ2) is 8.25. The van der Waals surface area contributed by atoms with Crippen LogP contribution in [0, 0.1) is 0 Å². The van der Waals surface area contributed by atoms with Crippen LogP contribution in [0.5, 0.6) is 0 Å². The van der Waals surface area contributed by atoms with Gasteiger partial charge in [0.2, 0.25) is 0 Å². The summed E-state index contributed by atoms with van der Waals surface area (Å²) in [4.78, 5) is 0. The van der Waals surface area contributed by atoms with Crippen LogP contribution in [0.25, 0.3) is 76.1 Å². The Labute approximate surface area is 260 Å². The lowest BCUT2D eigenvalue weighted by Crippen LogP contribution is -2.26. The Hall–Kier alpha value is -5.72. The van der Waals surface area contributed by atoms with Gasteiger partial charge in [-0.2, -0.15) is 0 Å². The smallest absolute Gasteiger partial charge is 0.0619 e. The molecular weight excluding hydrogens is 540 g/mol. The molecule has 0 nitrogen and oxygen atoms in total. The summed E-state index contributed by atoms with van der Waals surface area (Å²) in [6.07, 6.45) is 0. The molecule has 0 aromatic heterocycles. The quantitative estimate of drug-likeness (QED) is 0.173. The van der Waals surface area contributed by atoms with Crippen molar-refractivity contribution in [3.05, 3.63) is 180 Å². The molecule has 0 N–H and O–H groups in total. The van der Waals surface area contributed by atoms with Crippen LogP contribution in [-0.2, 0) is 5.41 Å². The van der Waals surface area contributed by atoms with Gasteiger partial charge in [-0.05, 0) is 111 Å². The number of fused-ring (bicyclic) bond motifs is 13. The Balaban J connectivity index is 1.22. The molecule has 11 rings (SSSR count). The Morgan fingerprint density at radius 3 is 1.56 bits per heavy atom. The fourth-order valence-corrected chi connectivity index (χ4v) is 9.04. The molecule has 0 unspecified atom stereocenters. The molecule has 0 radical (unpaired) electrons. The van der Waals surface area contributed by atoms with Crippen molar-refractivity contribution in [2.45, 2.75) is 5.41 Å². The predicted molar refractivity (Wildman–Crippen MR) is 190 cm³/mol. The van der Waals surface area contributed by atoms with Crippen molar-refractivity contribution >= 4 is 53.9 Å². The SMILES string of the molecule is c1ccc2c(c1)-c1cc(-c3ccc4ccc5ccccc5c4c3)ccc1C21c2cccc3c4ccccc4c4cccc1c4c23. The number of hydrogen-bond acceptors (Lipinski definition) is 0. The molecule has 2 aliphatic carbocycles. The molecule has 206 valence electrons. The molecular formula is C45H26. The molecule has 0 amide bonds. The lowest BCUT2D eigenvalue weighted by molar-refractivity contribution is 0.797. The summed E-state index contributed by atoms with van der Waals surface area (Å²) in [7, 11) is 0. The summed E-state index contributed by atoms with van der Waals surface area (Å²) in [6, 6.07) is 59.4. The second-order valence-electron chi connectivity index (χ2n) is 12.8. The van der Waals surface area contributed by atoms with Gasteiger partial charge >= 0.3 is 0 Å². The molecule has 0 fully saturated rings. The third kappa shape index (κ3) is 2.79. The van der Waals surface area contributed by atoms with Gasteiger partial charge < -0.3 is 0 Å². The van der Waals surface area contributed by atoms with E-state index in [1.54, 1.807) is 0 Å². The number of hydrogen-bond donors (Lipinski definition) is 0. The van der Waals surface area contributed by atoms with Gasteiger partial charge in [0.1, 0.15) is 0 Å². The summed E-state index contributed by atoms with van der Waals surface area (Å²) < 4.78 is 0. The Bertz CT molecular complexity index is 2680. The van der Waals surface area contributed by atoms with E-state index in [1.807, 2.05) is 0 Å². The Kier molecular flexibility index (Phi) is 4.35. The molecule has 45 heavy (non-hydrogen) atoms. The second-order valence-corrected chi connectivity index (χ2v) is 12.8. The maximum absolute atomic E-state index is 2.45. The normalized spacial score (nSPS) is 14.0. The molecule has 9 aromatic rings.